The molecule has 1 aromatic carbocycles. The molecule has 0 aliphatic carbocycles. The Hall–Kier alpha value is -1.89. The van der Waals surface area contributed by atoms with Crippen LogP contribution in [0.3, 0.4) is 0 Å². The molecule has 1 N–H and O–H groups in total. The van der Waals surface area contributed by atoms with E-state index >= 15 is 0 Å². The summed E-state index contributed by atoms with van der Waals surface area (Å²) in [6.07, 6.45) is 0.536. The third-order valence-electron chi connectivity index (χ3n) is 4.44. The van der Waals surface area contributed by atoms with Gasteiger partial charge in [0.2, 0.25) is 11.8 Å². The Balaban J connectivity index is 1.71. The molecule has 0 bridgehead atoms. The van der Waals surface area contributed by atoms with Crippen molar-refractivity contribution in [2.24, 2.45) is 0 Å². The number of carbonyl (C=O) groups is 2. The van der Waals surface area contributed by atoms with Crippen molar-refractivity contribution in [3.63, 3.8) is 0 Å². The van der Waals surface area contributed by atoms with Crippen molar-refractivity contribution in [2.45, 2.75) is 24.8 Å². The Bertz CT molecular complexity index is 729. The van der Waals surface area contributed by atoms with Crippen LogP contribution in [0.15, 0.2) is 24.3 Å². The molecule has 2 aliphatic rings. The van der Waals surface area contributed by atoms with Gasteiger partial charge in [0.25, 0.3) is 0 Å². The molecule has 118 valence electrons. The lowest BCUT2D eigenvalue weighted by Gasteiger charge is -2.24. The number of benzene rings is 1. The maximum absolute atomic E-state index is 12.4. The minimum atomic E-state index is -3.03. The maximum atomic E-state index is 12.4. The first-order chi connectivity index (χ1) is 10.4. The molecule has 2 unspecified atom stereocenters. The molecular weight excluding hydrogens is 304 g/mol. The van der Waals surface area contributed by atoms with Gasteiger partial charge in [-0.15, -0.1) is 0 Å². The van der Waals surface area contributed by atoms with Gasteiger partial charge in [-0.1, -0.05) is 18.2 Å². The topological polar surface area (TPSA) is 83.6 Å². The zero-order chi connectivity index (χ0) is 15.9. The number of rotatable bonds is 3. The lowest BCUT2D eigenvalue weighted by molar-refractivity contribution is -0.133. The summed E-state index contributed by atoms with van der Waals surface area (Å²) < 4.78 is 23.1. The standard InChI is InChI=1S/C15H18N2O4S/c1-17(10-6-7-22(20,21)9-10)14(18)8-12-11-4-2-3-5-13(11)16-15(12)19/h2-5,10,12H,6-9H2,1H3,(H,16,19). The van der Waals surface area contributed by atoms with Crippen molar-refractivity contribution in [3.05, 3.63) is 29.8 Å². The molecule has 1 saturated heterocycles. The van der Waals surface area contributed by atoms with E-state index in [0.717, 1.165) is 11.3 Å². The average molecular weight is 322 g/mol. The summed E-state index contributed by atoms with van der Waals surface area (Å²) in [5.41, 5.74) is 1.57. The van der Waals surface area contributed by atoms with E-state index < -0.39 is 15.8 Å². The summed E-state index contributed by atoms with van der Waals surface area (Å²) in [5.74, 6) is -0.727. The summed E-state index contributed by atoms with van der Waals surface area (Å²) >= 11 is 0. The van der Waals surface area contributed by atoms with Gasteiger partial charge >= 0.3 is 0 Å². The second kappa shape index (κ2) is 5.39. The van der Waals surface area contributed by atoms with Crippen LogP contribution in [-0.2, 0) is 19.4 Å². The zero-order valence-corrected chi connectivity index (χ0v) is 13.1. The summed E-state index contributed by atoms with van der Waals surface area (Å²) in [6, 6.07) is 7.04. The molecule has 22 heavy (non-hydrogen) atoms. The molecule has 1 aromatic rings. The molecule has 3 rings (SSSR count). The quantitative estimate of drug-likeness (QED) is 0.890. The SMILES string of the molecule is CN(C(=O)CC1C(=O)Nc2ccccc21)C1CCS(=O)(=O)C1. The Labute approximate surface area is 129 Å². The molecule has 2 amide bonds. The maximum Gasteiger partial charge on any atom is 0.232 e. The van der Waals surface area contributed by atoms with Crippen molar-refractivity contribution in [2.75, 3.05) is 23.9 Å². The minimum absolute atomic E-state index is 0.0166. The van der Waals surface area contributed by atoms with Gasteiger partial charge in [-0.2, -0.15) is 0 Å². The molecule has 1 fully saturated rings. The van der Waals surface area contributed by atoms with Crippen LogP contribution in [0, 0.1) is 0 Å². The van der Waals surface area contributed by atoms with Gasteiger partial charge in [0.05, 0.1) is 17.4 Å². The van der Waals surface area contributed by atoms with Crippen molar-refractivity contribution in [1.29, 1.82) is 0 Å². The van der Waals surface area contributed by atoms with E-state index in [-0.39, 0.29) is 35.8 Å². The third-order valence-corrected chi connectivity index (χ3v) is 6.19. The fourth-order valence-electron chi connectivity index (χ4n) is 3.08. The Morgan fingerprint density at radius 3 is 2.77 bits per heavy atom. The van der Waals surface area contributed by atoms with E-state index in [9.17, 15) is 18.0 Å². The number of carbonyl (C=O) groups excluding carboxylic acids is 2. The highest BCUT2D eigenvalue weighted by Crippen LogP contribution is 2.34. The zero-order valence-electron chi connectivity index (χ0n) is 12.3. The van der Waals surface area contributed by atoms with Gasteiger partial charge in [0.15, 0.2) is 9.84 Å². The number of nitrogens with one attached hydrogen (secondary N) is 1. The van der Waals surface area contributed by atoms with E-state index in [2.05, 4.69) is 5.32 Å². The van der Waals surface area contributed by atoms with Crippen LogP contribution >= 0.6 is 0 Å². The Morgan fingerprint density at radius 2 is 2.09 bits per heavy atom. The number of anilines is 1. The molecule has 0 radical (unpaired) electrons. The number of sulfone groups is 1. The summed E-state index contributed by atoms with van der Waals surface area (Å²) in [4.78, 5) is 25.9. The highest BCUT2D eigenvalue weighted by Gasteiger charge is 2.36. The molecule has 0 saturated carbocycles. The second-order valence-electron chi connectivity index (χ2n) is 5.89. The third kappa shape index (κ3) is 2.72. The molecular formula is C15H18N2O4S. The van der Waals surface area contributed by atoms with E-state index in [4.69, 9.17) is 0 Å². The average Bonchev–Trinajstić information content (AvgIpc) is 2.98. The molecule has 0 aromatic heterocycles. The Kier molecular flexibility index (Phi) is 3.68. The van der Waals surface area contributed by atoms with Gasteiger partial charge < -0.3 is 10.2 Å². The lowest BCUT2D eigenvalue weighted by Crippen LogP contribution is -2.38. The number of nitrogens with zero attached hydrogens (tertiary/aromatic N) is 1. The Morgan fingerprint density at radius 1 is 1.36 bits per heavy atom. The smallest absolute Gasteiger partial charge is 0.232 e. The lowest BCUT2D eigenvalue weighted by atomic mass is 9.96. The van der Waals surface area contributed by atoms with Crippen LogP contribution in [0.5, 0.6) is 0 Å². The van der Waals surface area contributed by atoms with E-state index in [1.165, 1.54) is 4.90 Å². The van der Waals surface area contributed by atoms with Gasteiger partial charge in [-0.05, 0) is 18.1 Å². The van der Waals surface area contributed by atoms with E-state index in [1.54, 1.807) is 7.05 Å². The van der Waals surface area contributed by atoms with Gasteiger partial charge in [-0.3, -0.25) is 9.59 Å². The fraction of sp³-hybridized carbons (Fsp3) is 0.467. The molecule has 2 heterocycles. The van der Waals surface area contributed by atoms with Crippen molar-refractivity contribution >= 4 is 27.3 Å². The van der Waals surface area contributed by atoms with Gasteiger partial charge in [-0.25, -0.2) is 8.42 Å². The largest absolute Gasteiger partial charge is 0.342 e. The van der Waals surface area contributed by atoms with Gasteiger partial charge in [0.1, 0.15) is 0 Å². The summed E-state index contributed by atoms with van der Waals surface area (Å²) in [6.45, 7) is 0. The first-order valence-corrected chi connectivity index (χ1v) is 9.05. The summed E-state index contributed by atoms with van der Waals surface area (Å²) in [5, 5.41) is 2.77. The van der Waals surface area contributed by atoms with Crippen molar-refractivity contribution in [3.8, 4) is 0 Å². The predicted molar refractivity (Wildman–Crippen MR) is 82.3 cm³/mol. The molecule has 7 heteroatoms. The van der Waals surface area contributed by atoms with E-state index in [1.807, 2.05) is 24.3 Å². The minimum Gasteiger partial charge on any atom is -0.342 e. The van der Waals surface area contributed by atoms with Crippen LogP contribution in [0.1, 0.15) is 24.3 Å². The number of amides is 2. The highest BCUT2D eigenvalue weighted by atomic mass is 32.2. The number of para-hydroxylation sites is 1. The van der Waals surface area contributed by atoms with Gasteiger partial charge in [0, 0.05) is 25.2 Å². The van der Waals surface area contributed by atoms with Crippen LogP contribution in [0.25, 0.3) is 0 Å². The molecule has 0 spiro atoms. The second-order valence-corrected chi connectivity index (χ2v) is 8.12. The molecule has 2 atom stereocenters. The normalized spacial score (nSPS) is 25.6. The molecule has 6 nitrogen and oxygen atoms in total. The highest BCUT2D eigenvalue weighted by molar-refractivity contribution is 7.91. The van der Waals surface area contributed by atoms with Crippen LogP contribution < -0.4 is 5.32 Å². The fourth-order valence-corrected chi connectivity index (χ4v) is 4.86. The predicted octanol–water partition coefficient (Wildman–Crippen LogP) is 0.758. The van der Waals surface area contributed by atoms with Crippen LogP contribution in [0.4, 0.5) is 5.69 Å². The number of hydrogen-bond acceptors (Lipinski definition) is 4. The van der Waals surface area contributed by atoms with Crippen molar-refractivity contribution in [1.82, 2.24) is 4.90 Å². The first-order valence-electron chi connectivity index (χ1n) is 7.23. The first kappa shape index (κ1) is 15.0. The number of hydrogen-bond donors (Lipinski definition) is 1. The summed E-state index contributed by atoms with van der Waals surface area (Å²) in [7, 11) is -1.42. The van der Waals surface area contributed by atoms with Crippen LogP contribution in [0.2, 0.25) is 0 Å². The monoisotopic (exact) mass is 322 g/mol. The van der Waals surface area contributed by atoms with Crippen LogP contribution in [-0.4, -0.2) is 49.7 Å². The molecule has 2 aliphatic heterocycles. The van der Waals surface area contributed by atoms with E-state index in [0.29, 0.717) is 6.42 Å². The number of fused-ring (bicyclic) bond motifs is 1. The van der Waals surface area contributed by atoms with Crippen molar-refractivity contribution < 1.29 is 18.0 Å².